The SMILES string of the molecule is Cc1cccc2c1sc1c(N(C)c3ccc(C4CCCCC4)cc3)cccc12. The Labute approximate surface area is 171 Å². The van der Waals surface area contributed by atoms with E-state index in [2.05, 4.69) is 79.5 Å². The van der Waals surface area contributed by atoms with E-state index in [1.165, 1.54) is 74.8 Å². The molecule has 0 radical (unpaired) electrons. The van der Waals surface area contributed by atoms with E-state index in [0.29, 0.717) is 0 Å². The van der Waals surface area contributed by atoms with Gasteiger partial charge < -0.3 is 4.90 Å². The number of hydrogen-bond acceptors (Lipinski definition) is 2. The average Bonchev–Trinajstić information content (AvgIpc) is 3.14. The van der Waals surface area contributed by atoms with E-state index >= 15 is 0 Å². The molecule has 142 valence electrons. The summed E-state index contributed by atoms with van der Waals surface area (Å²) in [4.78, 5) is 2.34. The van der Waals surface area contributed by atoms with Gasteiger partial charge in [0.05, 0.1) is 10.4 Å². The van der Waals surface area contributed by atoms with Crippen LogP contribution in [0, 0.1) is 6.92 Å². The fourth-order valence-electron chi connectivity index (χ4n) is 4.76. The fraction of sp³-hybridized carbons (Fsp3) is 0.308. The second-order valence-electron chi connectivity index (χ2n) is 8.19. The maximum Gasteiger partial charge on any atom is 0.0592 e. The Hall–Kier alpha value is -2.32. The average molecular weight is 386 g/mol. The summed E-state index contributed by atoms with van der Waals surface area (Å²) < 4.78 is 2.79. The summed E-state index contributed by atoms with van der Waals surface area (Å²) in [6.07, 6.45) is 6.90. The van der Waals surface area contributed by atoms with Crippen molar-refractivity contribution in [1.29, 1.82) is 0 Å². The highest BCUT2D eigenvalue weighted by Gasteiger charge is 2.17. The Bertz CT molecular complexity index is 1120. The molecule has 5 rings (SSSR count). The van der Waals surface area contributed by atoms with E-state index in [1.807, 2.05) is 11.3 Å². The summed E-state index contributed by atoms with van der Waals surface area (Å²) in [5.74, 6) is 0.766. The zero-order valence-electron chi connectivity index (χ0n) is 16.7. The normalized spacial score (nSPS) is 15.4. The fourth-order valence-corrected chi connectivity index (χ4v) is 6.07. The van der Waals surface area contributed by atoms with Crippen LogP contribution in [0.2, 0.25) is 0 Å². The van der Waals surface area contributed by atoms with Crippen molar-refractivity contribution in [2.24, 2.45) is 0 Å². The van der Waals surface area contributed by atoms with Crippen LogP contribution in [0.4, 0.5) is 11.4 Å². The molecule has 0 bridgehead atoms. The van der Waals surface area contributed by atoms with Gasteiger partial charge in [0, 0.05) is 28.2 Å². The molecule has 3 aromatic carbocycles. The largest absolute Gasteiger partial charge is 0.343 e. The van der Waals surface area contributed by atoms with Crippen LogP contribution < -0.4 is 4.90 Å². The predicted molar refractivity (Wildman–Crippen MR) is 124 cm³/mol. The van der Waals surface area contributed by atoms with Gasteiger partial charge in [-0.05, 0) is 55.0 Å². The first-order valence-electron chi connectivity index (χ1n) is 10.5. The van der Waals surface area contributed by atoms with Crippen LogP contribution in [-0.2, 0) is 0 Å². The highest BCUT2D eigenvalue weighted by molar-refractivity contribution is 7.26. The molecule has 1 aliphatic carbocycles. The quantitative estimate of drug-likeness (QED) is 0.344. The van der Waals surface area contributed by atoms with Crippen molar-refractivity contribution in [2.75, 3.05) is 11.9 Å². The molecule has 1 aliphatic rings. The third-order valence-electron chi connectivity index (χ3n) is 6.42. The summed E-state index contributed by atoms with van der Waals surface area (Å²) in [5, 5.41) is 2.75. The number of nitrogens with zero attached hydrogens (tertiary/aromatic N) is 1. The first-order valence-corrected chi connectivity index (χ1v) is 11.3. The molecule has 1 fully saturated rings. The van der Waals surface area contributed by atoms with Gasteiger partial charge >= 0.3 is 0 Å². The number of fused-ring (bicyclic) bond motifs is 3. The molecule has 0 spiro atoms. The minimum Gasteiger partial charge on any atom is -0.343 e. The Morgan fingerprint density at radius 3 is 2.21 bits per heavy atom. The van der Waals surface area contributed by atoms with Crippen molar-refractivity contribution in [3.8, 4) is 0 Å². The van der Waals surface area contributed by atoms with Crippen molar-refractivity contribution in [2.45, 2.75) is 44.9 Å². The lowest BCUT2D eigenvalue weighted by atomic mass is 9.84. The first kappa shape index (κ1) is 17.8. The van der Waals surface area contributed by atoms with Crippen LogP contribution in [-0.4, -0.2) is 7.05 Å². The smallest absolute Gasteiger partial charge is 0.0592 e. The summed E-state index contributed by atoms with van der Waals surface area (Å²) in [6, 6.07) is 22.7. The lowest BCUT2D eigenvalue weighted by Crippen LogP contribution is -2.10. The molecule has 0 unspecified atom stereocenters. The predicted octanol–water partition coefficient (Wildman–Crippen LogP) is 8.18. The van der Waals surface area contributed by atoms with Crippen LogP contribution >= 0.6 is 11.3 Å². The van der Waals surface area contributed by atoms with E-state index in [-0.39, 0.29) is 0 Å². The maximum absolute atomic E-state index is 2.36. The third-order valence-corrected chi connectivity index (χ3v) is 7.80. The second kappa shape index (κ2) is 7.25. The molecule has 1 nitrogen and oxygen atoms in total. The van der Waals surface area contributed by atoms with E-state index < -0.39 is 0 Å². The number of hydrogen-bond donors (Lipinski definition) is 0. The van der Waals surface area contributed by atoms with Gasteiger partial charge in [-0.25, -0.2) is 0 Å². The molecule has 28 heavy (non-hydrogen) atoms. The lowest BCUT2D eigenvalue weighted by Gasteiger charge is -2.24. The molecule has 0 amide bonds. The summed E-state index contributed by atoms with van der Waals surface area (Å²) in [5.41, 5.74) is 5.45. The number of benzene rings is 3. The minimum absolute atomic E-state index is 0.766. The molecule has 4 aromatic rings. The Balaban J connectivity index is 1.52. The van der Waals surface area contributed by atoms with E-state index in [1.54, 1.807) is 0 Å². The van der Waals surface area contributed by atoms with Crippen molar-refractivity contribution in [1.82, 2.24) is 0 Å². The minimum atomic E-state index is 0.766. The molecular formula is C26H27NS. The van der Waals surface area contributed by atoms with E-state index in [9.17, 15) is 0 Å². The molecule has 0 aliphatic heterocycles. The monoisotopic (exact) mass is 385 g/mol. The van der Waals surface area contributed by atoms with Crippen LogP contribution in [0.1, 0.15) is 49.1 Å². The standard InChI is InChI=1S/C26H27NS/c1-18-8-6-11-22-23-12-7-13-24(26(23)28-25(18)22)27(2)21-16-14-20(15-17-21)19-9-4-3-5-10-19/h6-8,11-17,19H,3-5,9-10H2,1-2H3. The molecule has 0 N–H and O–H groups in total. The Morgan fingerprint density at radius 2 is 1.46 bits per heavy atom. The van der Waals surface area contributed by atoms with Gasteiger partial charge in [-0.1, -0.05) is 61.7 Å². The number of aryl methyl sites for hydroxylation is 1. The van der Waals surface area contributed by atoms with Gasteiger partial charge in [0.15, 0.2) is 0 Å². The molecule has 0 saturated heterocycles. The third kappa shape index (κ3) is 3.00. The Morgan fingerprint density at radius 1 is 0.786 bits per heavy atom. The zero-order chi connectivity index (χ0) is 19.1. The van der Waals surface area contributed by atoms with Gasteiger partial charge in [-0.2, -0.15) is 0 Å². The molecule has 1 aromatic heterocycles. The van der Waals surface area contributed by atoms with Crippen LogP contribution in [0.5, 0.6) is 0 Å². The highest BCUT2D eigenvalue weighted by atomic mass is 32.1. The maximum atomic E-state index is 2.36. The topological polar surface area (TPSA) is 3.24 Å². The van der Waals surface area contributed by atoms with Gasteiger partial charge in [-0.3, -0.25) is 0 Å². The molecule has 0 atom stereocenters. The van der Waals surface area contributed by atoms with Crippen LogP contribution in [0.3, 0.4) is 0 Å². The summed E-state index contributed by atoms with van der Waals surface area (Å²) in [6.45, 7) is 2.21. The van der Waals surface area contributed by atoms with Crippen molar-refractivity contribution < 1.29 is 0 Å². The Kier molecular flexibility index (Phi) is 4.60. The number of anilines is 2. The van der Waals surface area contributed by atoms with Gasteiger partial charge in [-0.15, -0.1) is 11.3 Å². The van der Waals surface area contributed by atoms with E-state index in [0.717, 1.165) is 5.92 Å². The van der Waals surface area contributed by atoms with Crippen molar-refractivity contribution in [3.63, 3.8) is 0 Å². The van der Waals surface area contributed by atoms with Gasteiger partial charge in [0.1, 0.15) is 0 Å². The van der Waals surface area contributed by atoms with Crippen molar-refractivity contribution in [3.05, 3.63) is 71.8 Å². The van der Waals surface area contributed by atoms with Crippen molar-refractivity contribution >= 4 is 42.9 Å². The van der Waals surface area contributed by atoms with E-state index in [4.69, 9.17) is 0 Å². The molecule has 1 heterocycles. The van der Waals surface area contributed by atoms with Gasteiger partial charge in [0.2, 0.25) is 0 Å². The summed E-state index contributed by atoms with van der Waals surface area (Å²) >= 11 is 1.92. The zero-order valence-corrected chi connectivity index (χ0v) is 17.6. The first-order chi connectivity index (χ1) is 13.7. The second-order valence-corrected chi connectivity index (χ2v) is 9.21. The highest BCUT2D eigenvalue weighted by Crippen LogP contribution is 2.42. The van der Waals surface area contributed by atoms with Gasteiger partial charge in [0.25, 0.3) is 0 Å². The molecular weight excluding hydrogens is 358 g/mol. The van der Waals surface area contributed by atoms with Crippen LogP contribution in [0.25, 0.3) is 20.2 Å². The van der Waals surface area contributed by atoms with Crippen LogP contribution in [0.15, 0.2) is 60.7 Å². The number of rotatable bonds is 3. The lowest BCUT2D eigenvalue weighted by molar-refractivity contribution is 0.443. The molecule has 1 saturated carbocycles. The number of thiophene rings is 1. The molecule has 2 heteroatoms. The summed E-state index contributed by atoms with van der Waals surface area (Å²) in [7, 11) is 2.20.